The van der Waals surface area contributed by atoms with Gasteiger partial charge in [-0.05, 0) is 43.2 Å². The van der Waals surface area contributed by atoms with Crippen LogP contribution in [0.1, 0.15) is 38.6 Å². The summed E-state index contributed by atoms with van der Waals surface area (Å²) in [5.74, 6) is 0.819. The molecule has 8 heteroatoms. The van der Waals surface area contributed by atoms with Gasteiger partial charge in [-0.1, -0.05) is 17.9 Å². The fourth-order valence-electron chi connectivity index (χ4n) is 2.93. The Morgan fingerprint density at radius 2 is 2.10 bits per heavy atom. The van der Waals surface area contributed by atoms with Gasteiger partial charge < -0.3 is 14.5 Å². The third-order valence-electron chi connectivity index (χ3n) is 4.57. The monoisotopic (exact) mass is 425 g/mol. The third kappa shape index (κ3) is 5.28. The molecule has 0 aromatic carbocycles. The minimum atomic E-state index is 0.0302. The zero-order valence-corrected chi connectivity index (χ0v) is 17.5. The molecule has 30 heavy (non-hydrogen) atoms. The minimum Gasteiger partial charge on any atom is -0.463 e. The van der Waals surface area contributed by atoms with E-state index in [4.69, 9.17) is 9.15 Å². The Labute approximate surface area is 178 Å². The summed E-state index contributed by atoms with van der Waals surface area (Å²) in [7, 11) is 1.80. The molecule has 0 saturated carbocycles. The van der Waals surface area contributed by atoms with E-state index in [1.54, 1.807) is 37.6 Å². The summed E-state index contributed by atoms with van der Waals surface area (Å²) >= 11 is 1.39. The molecule has 3 aromatic rings. The zero-order chi connectivity index (χ0) is 21.3. The molecule has 156 valence electrons. The molecular weight excluding hydrogens is 402 g/mol. The second-order valence-corrected chi connectivity index (χ2v) is 7.51. The van der Waals surface area contributed by atoms with Crippen LogP contribution in [0.4, 0.5) is 5.13 Å². The molecule has 1 aliphatic rings. The van der Waals surface area contributed by atoms with Gasteiger partial charge in [-0.2, -0.15) is 0 Å². The van der Waals surface area contributed by atoms with Crippen LogP contribution in [0.5, 0.6) is 0 Å². The van der Waals surface area contributed by atoms with Crippen molar-refractivity contribution in [2.45, 2.75) is 12.8 Å². The molecule has 1 aliphatic heterocycles. The van der Waals surface area contributed by atoms with Crippen molar-refractivity contribution in [2.24, 2.45) is 5.92 Å². The Hall–Kier alpha value is -3.10. The molecule has 1 saturated heterocycles. The zero-order valence-electron chi connectivity index (χ0n) is 16.7. The number of ether oxygens (including phenoxy) is 1. The van der Waals surface area contributed by atoms with E-state index in [9.17, 15) is 9.59 Å². The number of Topliss-reactive ketones (excluding diaryl/α,β-unsaturated/α-hetero) is 1. The van der Waals surface area contributed by atoms with Crippen LogP contribution in [0.15, 0.2) is 47.7 Å². The highest BCUT2D eigenvalue weighted by molar-refractivity contribution is 7.18. The first-order valence-corrected chi connectivity index (χ1v) is 10.4. The fourth-order valence-corrected chi connectivity index (χ4v) is 3.87. The number of aromatic nitrogens is 2. The smallest absolute Gasteiger partial charge is 0.183 e. The van der Waals surface area contributed by atoms with Crippen LogP contribution >= 0.6 is 11.3 Å². The Balaban J connectivity index is 0.000000216. The van der Waals surface area contributed by atoms with Crippen LogP contribution in [0.3, 0.4) is 0 Å². The lowest BCUT2D eigenvalue weighted by atomic mass is 9.94. The summed E-state index contributed by atoms with van der Waals surface area (Å²) in [5, 5.41) is 3.72. The maximum atomic E-state index is 12.7. The second kappa shape index (κ2) is 10.6. The van der Waals surface area contributed by atoms with Gasteiger partial charge in [0.1, 0.15) is 10.6 Å². The van der Waals surface area contributed by atoms with Crippen LogP contribution in [0.2, 0.25) is 0 Å². The summed E-state index contributed by atoms with van der Waals surface area (Å²) < 4.78 is 10.7. The summed E-state index contributed by atoms with van der Waals surface area (Å²) in [6.45, 7) is 4.85. The number of carbonyl (C=O) groups is 2. The first-order chi connectivity index (χ1) is 14.7. The molecule has 0 atom stereocenters. The summed E-state index contributed by atoms with van der Waals surface area (Å²) in [5.41, 5.74) is 2.01. The Morgan fingerprint density at radius 1 is 1.30 bits per heavy atom. The van der Waals surface area contributed by atoms with Gasteiger partial charge in [-0.25, -0.2) is 4.98 Å². The lowest BCUT2D eigenvalue weighted by Crippen LogP contribution is -2.23. The van der Waals surface area contributed by atoms with Crippen molar-refractivity contribution in [2.75, 3.05) is 25.6 Å². The van der Waals surface area contributed by atoms with E-state index in [2.05, 4.69) is 21.9 Å². The van der Waals surface area contributed by atoms with E-state index in [-0.39, 0.29) is 11.7 Å². The number of nitrogens with one attached hydrogen (secondary N) is 1. The number of aldehydes is 1. The van der Waals surface area contributed by atoms with Gasteiger partial charge in [-0.3, -0.25) is 14.6 Å². The average Bonchev–Trinajstić information content (AvgIpc) is 3.49. The number of ketones is 1. The van der Waals surface area contributed by atoms with Crippen molar-refractivity contribution < 1.29 is 18.7 Å². The molecule has 0 unspecified atom stereocenters. The van der Waals surface area contributed by atoms with Gasteiger partial charge in [0.2, 0.25) is 0 Å². The fraction of sp³-hybridized carbons (Fsp3) is 0.273. The van der Waals surface area contributed by atoms with Gasteiger partial charge in [0.05, 0.1) is 12.0 Å². The van der Waals surface area contributed by atoms with Gasteiger partial charge in [0.25, 0.3) is 0 Å². The van der Waals surface area contributed by atoms with E-state index < -0.39 is 0 Å². The molecule has 0 aliphatic carbocycles. The predicted molar refractivity (Wildman–Crippen MR) is 117 cm³/mol. The maximum Gasteiger partial charge on any atom is 0.183 e. The molecule has 1 fully saturated rings. The minimum absolute atomic E-state index is 0.0302. The number of hydrogen-bond donors (Lipinski definition) is 1. The van der Waals surface area contributed by atoms with Crippen molar-refractivity contribution >= 4 is 34.6 Å². The Morgan fingerprint density at radius 3 is 2.67 bits per heavy atom. The van der Waals surface area contributed by atoms with Crippen molar-refractivity contribution in [3.05, 3.63) is 59.4 Å². The molecule has 1 N–H and O–H groups in total. The second-order valence-electron chi connectivity index (χ2n) is 6.51. The third-order valence-corrected chi connectivity index (χ3v) is 5.65. The Bertz CT molecular complexity index is 947. The molecule has 7 nitrogen and oxygen atoms in total. The van der Waals surface area contributed by atoms with Crippen molar-refractivity contribution in [1.29, 1.82) is 0 Å². The first kappa shape index (κ1) is 21.6. The van der Waals surface area contributed by atoms with Crippen LogP contribution in [0.25, 0.3) is 17.5 Å². The molecule has 4 heterocycles. The van der Waals surface area contributed by atoms with Gasteiger partial charge in [0.15, 0.2) is 23.0 Å². The highest BCUT2D eigenvalue weighted by Crippen LogP contribution is 2.34. The van der Waals surface area contributed by atoms with Crippen molar-refractivity contribution in [1.82, 2.24) is 9.97 Å². The van der Waals surface area contributed by atoms with Gasteiger partial charge in [-0.15, -0.1) is 0 Å². The van der Waals surface area contributed by atoms with E-state index in [0.29, 0.717) is 35.1 Å². The maximum absolute atomic E-state index is 12.7. The van der Waals surface area contributed by atoms with E-state index >= 15 is 0 Å². The highest BCUT2D eigenvalue weighted by Gasteiger charge is 2.28. The predicted octanol–water partition coefficient (Wildman–Crippen LogP) is 4.59. The number of rotatable bonds is 6. The topological polar surface area (TPSA) is 94.3 Å². The Kier molecular flexibility index (Phi) is 7.64. The first-order valence-electron chi connectivity index (χ1n) is 9.54. The molecular formula is C22H23N3O4S. The number of furan rings is 1. The average molecular weight is 426 g/mol. The molecule has 0 radical (unpaired) electrons. The van der Waals surface area contributed by atoms with Crippen LogP contribution in [-0.2, 0) is 4.74 Å². The normalized spacial score (nSPS) is 13.8. The van der Waals surface area contributed by atoms with E-state index in [1.807, 2.05) is 6.07 Å². The number of hydrogen-bond acceptors (Lipinski definition) is 8. The summed E-state index contributed by atoms with van der Waals surface area (Å²) in [6, 6.07) is 7.08. The largest absolute Gasteiger partial charge is 0.463 e. The van der Waals surface area contributed by atoms with Crippen LogP contribution in [-0.4, -0.2) is 42.3 Å². The number of anilines is 1. The number of thiazole rings is 1. The number of pyridine rings is 1. The van der Waals surface area contributed by atoms with E-state index in [1.165, 1.54) is 17.5 Å². The molecule has 0 amide bonds. The lowest BCUT2D eigenvalue weighted by Gasteiger charge is -2.20. The van der Waals surface area contributed by atoms with Crippen molar-refractivity contribution in [3.8, 4) is 11.5 Å². The summed E-state index contributed by atoms with van der Waals surface area (Å²) in [4.78, 5) is 31.9. The lowest BCUT2D eigenvalue weighted by molar-refractivity contribution is 0.0547. The SMILES string of the molecule is C=Cc1ccc(C=O)cn1.CNc1nc(-c2ccco2)c(C(=O)C2CCOCC2)s1. The number of nitrogens with zero attached hydrogens (tertiary/aromatic N) is 2. The van der Waals surface area contributed by atoms with Gasteiger partial charge >= 0.3 is 0 Å². The van der Waals surface area contributed by atoms with E-state index in [0.717, 1.165) is 30.0 Å². The number of carbonyl (C=O) groups excluding carboxylic acids is 2. The molecule has 0 bridgehead atoms. The standard InChI is InChI=1S/C14H16N2O3S.C8H7NO/c1-15-14-16-11(10-3-2-6-19-10)13(20-14)12(17)9-4-7-18-8-5-9;1-2-8-4-3-7(6-10)5-9-8/h2-3,6,9H,4-5,7-8H2,1H3,(H,15,16);2-6H,1H2. The molecule has 4 rings (SSSR count). The van der Waals surface area contributed by atoms with Crippen LogP contribution in [0, 0.1) is 5.92 Å². The highest BCUT2D eigenvalue weighted by atomic mass is 32.1. The molecule has 0 spiro atoms. The van der Waals surface area contributed by atoms with Crippen molar-refractivity contribution in [3.63, 3.8) is 0 Å². The summed E-state index contributed by atoms with van der Waals surface area (Å²) in [6.07, 6.45) is 7.07. The molecule has 3 aromatic heterocycles. The van der Waals surface area contributed by atoms with Gasteiger partial charge in [0, 0.05) is 37.9 Å². The van der Waals surface area contributed by atoms with Crippen LogP contribution < -0.4 is 5.32 Å². The quantitative estimate of drug-likeness (QED) is 0.456.